The molecule has 0 amide bonds. The largest absolute Gasteiger partial charge is 0.393 e. The summed E-state index contributed by atoms with van der Waals surface area (Å²) in [6.07, 6.45) is 15.0. The Bertz CT molecular complexity index is 303. The fourth-order valence-corrected chi connectivity index (χ4v) is 5.81. The van der Waals surface area contributed by atoms with Gasteiger partial charge in [-0.15, -0.1) is 0 Å². The molecule has 2 saturated carbocycles. The van der Waals surface area contributed by atoms with Gasteiger partial charge >= 0.3 is 0 Å². The van der Waals surface area contributed by atoms with E-state index in [1.54, 1.807) is 0 Å². The third-order valence-corrected chi connectivity index (χ3v) is 6.65. The summed E-state index contributed by atoms with van der Waals surface area (Å²) >= 11 is 0. The minimum atomic E-state index is -0.0128. The lowest BCUT2D eigenvalue weighted by atomic mass is 9.67. The first-order chi connectivity index (χ1) is 8.78. The molecule has 4 aliphatic rings. The van der Waals surface area contributed by atoms with Crippen LogP contribution in [0.5, 0.6) is 0 Å². The van der Waals surface area contributed by atoms with Gasteiger partial charge in [-0.2, -0.15) is 0 Å². The summed E-state index contributed by atoms with van der Waals surface area (Å²) in [7, 11) is 0. The maximum atomic E-state index is 10.1. The van der Waals surface area contributed by atoms with Crippen LogP contribution in [0.15, 0.2) is 0 Å². The smallest absolute Gasteiger partial charge is 0.0555 e. The lowest BCUT2D eigenvalue weighted by Gasteiger charge is -2.49. The average molecular weight is 249 g/mol. The van der Waals surface area contributed by atoms with Crippen molar-refractivity contribution in [1.82, 2.24) is 4.90 Å². The predicted octanol–water partition coefficient (Wildman–Crippen LogP) is 3.09. The highest BCUT2D eigenvalue weighted by atomic mass is 16.3. The van der Waals surface area contributed by atoms with Crippen LogP contribution < -0.4 is 0 Å². The van der Waals surface area contributed by atoms with Gasteiger partial charge in [0.05, 0.1) is 6.10 Å². The van der Waals surface area contributed by atoms with E-state index in [2.05, 4.69) is 4.90 Å². The average Bonchev–Trinajstić information content (AvgIpc) is 3.09. The molecule has 2 atom stereocenters. The number of hydrogen-bond acceptors (Lipinski definition) is 2. The van der Waals surface area contributed by atoms with Crippen LogP contribution in [-0.2, 0) is 0 Å². The fraction of sp³-hybridized carbons (Fsp3) is 1.00. The van der Waals surface area contributed by atoms with Gasteiger partial charge in [-0.05, 0) is 63.2 Å². The van der Waals surface area contributed by atoms with E-state index in [-0.39, 0.29) is 6.10 Å². The van der Waals surface area contributed by atoms with Gasteiger partial charge in [-0.25, -0.2) is 0 Å². The van der Waals surface area contributed by atoms with E-state index in [0.29, 0.717) is 5.41 Å². The summed E-state index contributed by atoms with van der Waals surface area (Å²) in [6.45, 7) is 0. The summed E-state index contributed by atoms with van der Waals surface area (Å²) in [5.74, 6) is 0. The number of rotatable bonds is 1. The van der Waals surface area contributed by atoms with E-state index < -0.39 is 0 Å². The molecule has 2 heteroatoms. The van der Waals surface area contributed by atoms with Crippen molar-refractivity contribution < 1.29 is 5.11 Å². The molecule has 2 nitrogen and oxygen atoms in total. The molecule has 0 aromatic rings. The normalized spacial score (nSPS) is 47.2. The number of aliphatic hydroxyl groups is 1. The van der Waals surface area contributed by atoms with Gasteiger partial charge < -0.3 is 5.11 Å². The second kappa shape index (κ2) is 4.21. The number of aliphatic hydroxyl groups excluding tert-OH is 1. The Morgan fingerprint density at radius 3 is 2.06 bits per heavy atom. The van der Waals surface area contributed by atoms with Gasteiger partial charge in [0.2, 0.25) is 0 Å². The van der Waals surface area contributed by atoms with Crippen molar-refractivity contribution in [1.29, 1.82) is 0 Å². The molecular formula is C16H27NO. The standard InChI is InChI=1S/C16H27NO/c18-14-7-10-16(8-1-2-9-16)15(11-14)17-12-3-4-13(17)6-5-12/h12-15,18H,1-11H2. The molecule has 4 rings (SSSR count). The van der Waals surface area contributed by atoms with Crippen molar-refractivity contribution in [2.75, 3.05) is 0 Å². The van der Waals surface area contributed by atoms with Crippen molar-refractivity contribution in [2.45, 2.75) is 94.9 Å². The van der Waals surface area contributed by atoms with Crippen molar-refractivity contribution in [2.24, 2.45) is 5.41 Å². The van der Waals surface area contributed by atoms with Crippen LogP contribution >= 0.6 is 0 Å². The molecule has 0 aromatic heterocycles. The summed E-state index contributed by atoms with van der Waals surface area (Å²) < 4.78 is 0. The van der Waals surface area contributed by atoms with Crippen molar-refractivity contribution in [3.05, 3.63) is 0 Å². The van der Waals surface area contributed by atoms with Crippen molar-refractivity contribution >= 4 is 0 Å². The number of nitrogens with zero attached hydrogens (tertiary/aromatic N) is 1. The van der Waals surface area contributed by atoms with Crippen LogP contribution in [-0.4, -0.2) is 34.2 Å². The van der Waals surface area contributed by atoms with Crippen LogP contribution in [0.2, 0.25) is 0 Å². The van der Waals surface area contributed by atoms with Gasteiger partial charge in [0, 0.05) is 18.1 Å². The molecule has 2 unspecified atom stereocenters. The Balaban J connectivity index is 1.63. The lowest BCUT2D eigenvalue weighted by molar-refractivity contribution is -0.0337. The molecule has 0 aromatic carbocycles. The second-order valence-corrected chi connectivity index (χ2v) is 7.42. The van der Waals surface area contributed by atoms with Crippen LogP contribution in [0.4, 0.5) is 0 Å². The van der Waals surface area contributed by atoms with E-state index in [1.807, 2.05) is 0 Å². The molecule has 2 aliphatic carbocycles. The van der Waals surface area contributed by atoms with E-state index in [9.17, 15) is 5.11 Å². The summed E-state index contributed by atoms with van der Waals surface area (Å²) in [5.41, 5.74) is 0.602. The van der Waals surface area contributed by atoms with E-state index in [4.69, 9.17) is 0 Å². The monoisotopic (exact) mass is 249 g/mol. The SMILES string of the molecule is OC1CCC2(CCCC2)C(N2C3CCC2CC3)C1. The van der Waals surface area contributed by atoms with Crippen LogP contribution in [0.3, 0.4) is 0 Å². The van der Waals surface area contributed by atoms with Crippen LogP contribution in [0.25, 0.3) is 0 Å². The molecule has 2 aliphatic heterocycles. The minimum absolute atomic E-state index is 0.0128. The van der Waals surface area contributed by atoms with Crippen LogP contribution in [0, 0.1) is 5.41 Å². The third-order valence-electron chi connectivity index (χ3n) is 6.65. The second-order valence-electron chi connectivity index (χ2n) is 7.42. The highest BCUT2D eigenvalue weighted by Gasteiger charge is 2.53. The molecule has 102 valence electrons. The Hall–Kier alpha value is -0.0800. The Morgan fingerprint density at radius 2 is 1.44 bits per heavy atom. The van der Waals surface area contributed by atoms with Crippen molar-refractivity contribution in [3.63, 3.8) is 0 Å². The quantitative estimate of drug-likeness (QED) is 0.772. The Kier molecular flexibility index (Phi) is 2.74. The van der Waals surface area contributed by atoms with E-state index >= 15 is 0 Å². The zero-order chi connectivity index (χ0) is 12.2. The predicted molar refractivity (Wildman–Crippen MR) is 72.4 cm³/mol. The van der Waals surface area contributed by atoms with Gasteiger partial charge in [0.15, 0.2) is 0 Å². The molecule has 0 radical (unpaired) electrons. The highest BCUT2D eigenvalue weighted by Crippen LogP contribution is 2.54. The van der Waals surface area contributed by atoms with E-state index in [1.165, 1.54) is 57.8 Å². The highest BCUT2D eigenvalue weighted by molar-refractivity contribution is 5.07. The summed E-state index contributed by atoms with van der Waals surface area (Å²) in [6, 6.07) is 2.48. The number of hydrogen-bond donors (Lipinski definition) is 1. The van der Waals surface area contributed by atoms with Gasteiger partial charge in [0.25, 0.3) is 0 Å². The molecule has 2 saturated heterocycles. The zero-order valence-corrected chi connectivity index (χ0v) is 11.5. The third kappa shape index (κ3) is 1.61. The first kappa shape index (κ1) is 11.7. The van der Waals surface area contributed by atoms with Crippen LogP contribution in [0.1, 0.15) is 70.6 Å². The fourth-order valence-electron chi connectivity index (χ4n) is 5.81. The molecule has 1 N–H and O–H groups in total. The summed E-state index contributed by atoms with van der Waals surface area (Å²) in [5, 5.41) is 10.1. The minimum Gasteiger partial charge on any atom is -0.393 e. The molecule has 4 fully saturated rings. The summed E-state index contributed by atoms with van der Waals surface area (Å²) in [4.78, 5) is 2.90. The maximum Gasteiger partial charge on any atom is 0.0555 e. The van der Waals surface area contributed by atoms with Gasteiger partial charge in [-0.1, -0.05) is 12.8 Å². The number of fused-ring (bicyclic) bond motifs is 2. The molecular weight excluding hydrogens is 222 g/mol. The van der Waals surface area contributed by atoms with E-state index in [0.717, 1.165) is 31.0 Å². The first-order valence-corrected chi connectivity index (χ1v) is 8.24. The molecule has 2 heterocycles. The maximum absolute atomic E-state index is 10.1. The molecule has 1 spiro atoms. The topological polar surface area (TPSA) is 23.5 Å². The zero-order valence-electron chi connectivity index (χ0n) is 11.5. The first-order valence-electron chi connectivity index (χ1n) is 8.24. The molecule has 2 bridgehead atoms. The van der Waals surface area contributed by atoms with Gasteiger partial charge in [0.1, 0.15) is 0 Å². The molecule has 18 heavy (non-hydrogen) atoms. The Morgan fingerprint density at radius 1 is 0.833 bits per heavy atom. The van der Waals surface area contributed by atoms with Gasteiger partial charge in [-0.3, -0.25) is 4.90 Å². The van der Waals surface area contributed by atoms with Crippen molar-refractivity contribution in [3.8, 4) is 0 Å². The lowest BCUT2D eigenvalue weighted by Crippen LogP contribution is -2.53. The Labute approximate surface area is 111 Å².